The van der Waals surface area contributed by atoms with Crippen molar-refractivity contribution < 1.29 is 30.0 Å². The van der Waals surface area contributed by atoms with Gasteiger partial charge in [0.25, 0.3) is 0 Å². The van der Waals surface area contributed by atoms with Crippen molar-refractivity contribution in [3.8, 4) is 0 Å². The van der Waals surface area contributed by atoms with Crippen molar-refractivity contribution in [1.29, 1.82) is 0 Å². The molecular weight excluding hydrogens is 362 g/mol. The van der Waals surface area contributed by atoms with Gasteiger partial charge in [-0.1, -0.05) is 24.3 Å². The summed E-state index contributed by atoms with van der Waals surface area (Å²) in [5.41, 5.74) is -3.15. The first-order valence-electron chi connectivity index (χ1n) is 9.16. The van der Waals surface area contributed by atoms with Crippen molar-refractivity contribution in [2.24, 2.45) is 11.8 Å². The third-order valence-electron chi connectivity index (χ3n) is 6.53. The summed E-state index contributed by atoms with van der Waals surface area (Å²) in [5, 5.41) is 43.8. The highest BCUT2D eigenvalue weighted by atomic mass is 16.3. The van der Waals surface area contributed by atoms with Crippen LogP contribution >= 0.6 is 0 Å². The number of ketones is 2. The number of fused-ring (bicyclic) bond motifs is 3. The number of rotatable bonds is 1. The van der Waals surface area contributed by atoms with Gasteiger partial charge in [-0.25, -0.2) is 0 Å². The number of hydrogen-bond donors (Lipinski definition) is 4. The second kappa shape index (κ2) is 5.76. The normalized spacial score (nSPS) is 37.4. The Labute approximate surface area is 162 Å². The lowest BCUT2D eigenvalue weighted by Crippen LogP contribution is -2.65. The van der Waals surface area contributed by atoms with E-state index < -0.39 is 46.4 Å². The largest absolute Gasteiger partial charge is 0.509 e. The highest BCUT2D eigenvalue weighted by Gasteiger charge is 2.64. The van der Waals surface area contributed by atoms with Gasteiger partial charge in [-0.15, -0.1) is 0 Å². The van der Waals surface area contributed by atoms with Gasteiger partial charge < -0.3 is 20.4 Å². The van der Waals surface area contributed by atoms with Crippen LogP contribution in [-0.2, 0) is 15.2 Å². The van der Waals surface area contributed by atoms with E-state index in [-0.39, 0.29) is 17.8 Å². The van der Waals surface area contributed by atoms with Gasteiger partial charge in [0.05, 0.1) is 11.6 Å². The number of carbonyl (C=O) groups is 2. The zero-order chi connectivity index (χ0) is 20.6. The van der Waals surface area contributed by atoms with Crippen LogP contribution in [0.4, 0.5) is 0 Å². The molecule has 0 amide bonds. The second-order valence-corrected chi connectivity index (χ2v) is 8.29. The van der Waals surface area contributed by atoms with E-state index in [1.54, 1.807) is 50.2 Å². The van der Waals surface area contributed by atoms with E-state index in [4.69, 9.17) is 0 Å². The number of carbonyl (C=O) groups excluding carboxylic acids is 2. The summed E-state index contributed by atoms with van der Waals surface area (Å²) in [7, 11) is 3.31. The van der Waals surface area contributed by atoms with Crippen LogP contribution in [0.15, 0.2) is 41.7 Å². The molecule has 3 aliphatic rings. The van der Waals surface area contributed by atoms with E-state index in [1.165, 1.54) is 0 Å². The first kappa shape index (κ1) is 18.9. The molecule has 1 aromatic carbocycles. The predicted molar refractivity (Wildman–Crippen MR) is 100 cm³/mol. The standard InChI is InChI=1S/C21H23NO6/c1-20(27)11-7-5-4-6-10(11)18(25)16-12(20)8-13-17(22(2)3)14(23)9-15(24)21(13,28)19(16)26/h4-7,9,12-13,17,24-25,27-28H,8H2,1-3H3/t12-,13-,17+,20+,21+/m1/s1. The minimum atomic E-state index is -2.33. The van der Waals surface area contributed by atoms with Crippen LogP contribution in [0.25, 0.3) is 5.76 Å². The Morgan fingerprint density at radius 3 is 2.39 bits per heavy atom. The molecule has 148 valence electrons. The maximum absolute atomic E-state index is 13.4. The predicted octanol–water partition coefficient (Wildman–Crippen LogP) is 1.07. The molecule has 0 aliphatic heterocycles. The maximum atomic E-state index is 13.4. The average Bonchev–Trinajstić information content (AvgIpc) is 2.62. The molecule has 28 heavy (non-hydrogen) atoms. The van der Waals surface area contributed by atoms with Crippen molar-refractivity contribution >= 4 is 17.3 Å². The highest BCUT2D eigenvalue weighted by molar-refractivity contribution is 6.13. The molecule has 1 fully saturated rings. The lowest BCUT2D eigenvalue weighted by atomic mass is 9.55. The van der Waals surface area contributed by atoms with E-state index in [1.807, 2.05) is 0 Å². The molecular formula is C21H23NO6. The van der Waals surface area contributed by atoms with E-state index in [0.29, 0.717) is 11.1 Å². The van der Waals surface area contributed by atoms with Gasteiger partial charge in [-0.2, -0.15) is 0 Å². The second-order valence-electron chi connectivity index (χ2n) is 8.29. The number of aliphatic hydroxyl groups excluding tert-OH is 2. The molecule has 0 aromatic heterocycles. The third kappa shape index (κ3) is 2.15. The first-order valence-corrected chi connectivity index (χ1v) is 9.16. The van der Waals surface area contributed by atoms with Gasteiger partial charge in [0.2, 0.25) is 5.78 Å². The minimum absolute atomic E-state index is 0.0372. The van der Waals surface area contributed by atoms with E-state index in [0.717, 1.165) is 6.08 Å². The molecule has 7 nitrogen and oxygen atoms in total. The molecule has 4 N–H and O–H groups in total. The summed E-state index contributed by atoms with van der Waals surface area (Å²) in [5.74, 6) is -4.13. The van der Waals surface area contributed by atoms with Crippen LogP contribution in [0.2, 0.25) is 0 Å². The topological polar surface area (TPSA) is 118 Å². The van der Waals surface area contributed by atoms with E-state index in [9.17, 15) is 30.0 Å². The van der Waals surface area contributed by atoms with Crippen molar-refractivity contribution in [1.82, 2.24) is 4.90 Å². The molecule has 4 rings (SSSR count). The quantitative estimate of drug-likeness (QED) is 0.571. The van der Waals surface area contributed by atoms with Gasteiger partial charge in [-0.05, 0) is 33.0 Å². The molecule has 0 bridgehead atoms. The molecule has 3 aliphatic carbocycles. The van der Waals surface area contributed by atoms with Gasteiger partial charge in [0.15, 0.2) is 11.4 Å². The van der Waals surface area contributed by atoms with Gasteiger partial charge in [-0.3, -0.25) is 14.5 Å². The van der Waals surface area contributed by atoms with Crippen LogP contribution in [0.3, 0.4) is 0 Å². The molecule has 0 radical (unpaired) electrons. The smallest absolute Gasteiger partial charge is 0.202 e. The molecule has 0 unspecified atom stereocenters. The fourth-order valence-corrected chi connectivity index (χ4v) is 5.13. The summed E-state index contributed by atoms with van der Waals surface area (Å²) in [6.45, 7) is 1.56. The zero-order valence-electron chi connectivity index (χ0n) is 15.9. The number of nitrogens with zero attached hydrogens (tertiary/aromatic N) is 1. The maximum Gasteiger partial charge on any atom is 0.202 e. The Hall–Kier alpha value is -2.48. The summed E-state index contributed by atoms with van der Waals surface area (Å²) in [4.78, 5) is 27.5. The van der Waals surface area contributed by atoms with Gasteiger partial charge in [0, 0.05) is 29.0 Å². The van der Waals surface area contributed by atoms with Crippen molar-refractivity contribution in [3.05, 3.63) is 52.8 Å². The number of aliphatic hydroxyl groups is 4. The van der Waals surface area contributed by atoms with Crippen molar-refractivity contribution in [2.75, 3.05) is 14.1 Å². The van der Waals surface area contributed by atoms with Gasteiger partial charge in [0.1, 0.15) is 11.5 Å². The zero-order valence-corrected chi connectivity index (χ0v) is 15.9. The number of benzene rings is 1. The van der Waals surface area contributed by atoms with Crippen LogP contribution in [0, 0.1) is 11.8 Å². The third-order valence-corrected chi connectivity index (χ3v) is 6.53. The van der Waals surface area contributed by atoms with Crippen LogP contribution in [0.1, 0.15) is 24.5 Å². The SMILES string of the molecule is CN(C)[C@@H]1C(=O)C=C(O)[C@]2(O)C(=O)C3=C(O)c4ccccc4[C@](C)(O)[C@@H]3C[C@H]12. The Morgan fingerprint density at radius 1 is 1.11 bits per heavy atom. The van der Waals surface area contributed by atoms with E-state index in [2.05, 4.69) is 0 Å². The van der Waals surface area contributed by atoms with Crippen LogP contribution in [-0.4, -0.2) is 62.6 Å². The molecule has 1 aromatic rings. The molecule has 1 saturated carbocycles. The number of likely N-dealkylation sites (N-methyl/N-ethyl adjacent to an activating group) is 1. The molecule has 5 atom stereocenters. The van der Waals surface area contributed by atoms with Crippen LogP contribution in [0.5, 0.6) is 0 Å². The molecule has 0 saturated heterocycles. The Bertz CT molecular complexity index is 959. The van der Waals surface area contributed by atoms with Crippen molar-refractivity contribution in [2.45, 2.75) is 30.6 Å². The fourth-order valence-electron chi connectivity index (χ4n) is 5.13. The molecule has 0 heterocycles. The highest BCUT2D eigenvalue weighted by Crippen LogP contribution is 2.55. The Morgan fingerprint density at radius 2 is 1.75 bits per heavy atom. The molecule has 0 spiro atoms. The lowest BCUT2D eigenvalue weighted by molar-refractivity contribution is -0.157. The van der Waals surface area contributed by atoms with Crippen molar-refractivity contribution in [3.63, 3.8) is 0 Å². The molecule has 7 heteroatoms. The van der Waals surface area contributed by atoms with Crippen LogP contribution < -0.4 is 0 Å². The Kier molecular flexibility index (Phi) is 3.88. The monoisotopic (exact) mass is 385 g/mol. The summed E-state index contributed by atoms with van der Waals surface area (Å²) >= 11 is 0. The summed E-state index contributed by atoms with van der Waals surface area (Å²) in [6.07, 6.45) is 0.918. The minimum Gasteiger partial charge on any atom is -0.509 e. The number of Topliss-reactive ketones (excluding diaryl/α,β-unsaturated/α-hetero) is 1. The number of hydrogen-bond acceptors (Lipinski definition) is 7. The summed E-state index contributed by atoms with van der Waals surface area (Å²) in [6, 6.07) is 5.83. The fraction of sp³-hybridized carbons (Fsp3) is 0.429. The lowest BCUT2D eigenvalue weighted by Gasteiger charge is -2.52. The first-order chi connectivity index (χ1) is 13.0. The summed E-state index contributed by atoms with van der Waals surface area (Å²) < 4.78 is 0. The van der Waals surface area contributed by atoms with E-state index >= 15 is 0 Å². The Balaban J connectivity index is 1.98. The van der Waals surface area contributed by atoms with Gasteiger partial charge >= 0.3 is 0 Å². The average molecular weight is 385 g/mol.